The van der Waals surface area contributed by atoms with Crippen LogP contribution in [0.2, 0.25) is 0 Å². The van der Waals surface area contributed by atoms with Crippen LogP contribution in [0.4, 0.5) is 85.3 Å². The molecule has 3 N–H and O–H groups in total. The molecule has 556 valence electrons. The summed E-state index contributed by atoms with van der Waals surface area (Å²) < 4.78 is 12.8. The van der Waals surface area contributed by atoms with Gasteiger partial charge in [0.2, 0.25) is 0 Å². The minimum Gasteiger partial charge on any atom is -0.354 e. The first kappa shape index (κ1) is 70.8. The van der Waals surface area contributed by atoms with E-state index in [1.807, 2.05) is 88.1 Å². The summed E-state index contributed by atoms with van der Waals surface area (Å²) in [4.78, 5) is 15.7. The van der Waals surface area contributed by atoms with Crippen molar-refractivity contribution in [3.63, 3.8) is 0 Å². The summed E-state index contributed by atoms with van der Waals surface area (Å²) in [6.07, 6.45) is 7.38. The number of nitrogens with zero attached hydrogens (tertiary/aromatic N) is 5. The molecule has 0 aliphatic carbocycles. The smallest absolute Gasteiger partial charge is 0.0646 e. The van der Waals surface area contributed by atoms with Crippen LogP contribution in [0.5, 0.6) is 0 Å². The van der Waals surface area contributed by atoms with Crippen LogP contribution < -0.4 is 30.7 Å². The number of aromatic nitrogens is 2. The Kier molecular flexibility index (Phi) is 18.8. The van der Waals surface area contributed by atoms with E-state index < -0.39 is 0 Å². The zero-order valence-electron chi connectivity index (χ0n) is 63.0. The summed E-state index contributed by atoms with van der Waals surface area (Å²) in [7, 11) is 0. The first-order valence-corrected chi connectivity index (χ1v) is 43.0. The summed E-state index contributed by atoms with van der Waals surface area (Å²) in [5.41, 5.74) is 16.8. The van der Waals surface area contributed by atoms with Gasteiger partial charge in [0.05, 0.1) is 91.8 Å². The molecule has 23 aromatic rings. The number of nitrogens with one attached hydrogen (secondary N) is 3. The number of para-hydroxylation sites is 4. The zero-order valence-corrected chi connectivity index (χ0v) is 67.0. The van der Waals surface area contributed by atoms with Crippen LogP contribution in [0.1, 0.15) is 0 Å². The number of pyridine rings is 2. The molecule has 0 radical (unpaired) electrons. The first-order valence-electron chi connectivity index (χ1n) is 38.9. The van der Waals surface area contributed by atoms with E-state index in [1.54, 1.807) is 23.7 Å². The van der Waals surface area contributed by atoms with Gasteiger partial charge in [0, 0.05) is 125 Å². The molecular formula is C104H70N8S5. The van der Waals surface area contributed by atoms with Gasteiger partial charge in [-0.25, -0.2) is 0 Å². The SMILES string of the molecule is c1ccc(N(c2ccc3c(c2)sc2c(Nc4cccc5c4sc4ccccc45)cccc23)c2cccc3ccccc23)cc1.c1ccc(N(c2ccccc2)c2ccc3sc4c(Nc5cccc6c5sc5ccccc56)cccc4c3c2)cc1.c1ccc(Nc2cccc3c2sc2c(N(c4cccnc4)c4cccnc4)cccc23)cc1. The molecule has 16 aromatic carbocycles. The first-order chi connectivity index (χ1) is 58.0. The van der Waals surface area contributed by atoms with Gasteiger partial charge in [0.25, 0.3) is 0 Å². The predicted octanol–water partition coefficient (Wildman–Crippen LogP) is 32.5. The average Bonchev–Trinajstić information content (AvgIpc) is 1.63. The standard InChI is InChI=1S/C40H26N2S2.C36H24N2S2.C28H20N4S/c1-2-13-27(14-3-1)42(36-21-8-12-26-11-4-5-15-29(26)36)28-23-24-31-33-18-10-20-35(40(33)44-38(31)25-28)41-34-19-9-17-32-30-16-6-7-22-37(30)43-39(32)34;1-3-11-24(12-4-1)38(25-13-5-2-6-14-25)26-21-22-34-30(23-26)29-17-10-19-32(36(29)40-34)37-31-18-9-16-28-27-15-7-8-20-33(27)39-35(28)31;1-2-8-20(9-3-1)31-25-14-4-12-23-24-13-5-15-26(28(24)33-27(23)25)32(21-10-6-16-29-18-21)22-11-7-17-30-19-22/h1-25,41H;1-23,37H;1-19,31H. The molecule has 0 aliphatic heterocycles. The zero-order chi connectivity index (χ0) is 77.5. The monoisotopic (exact) mass is 1590 g/mol. The number of rotatable bonds is 15. The molecule has 0 atom stereocenters. The second-order valence-electron chi connectivity index (χ2n) is 28.6. The van der Waals surface area contributed by atoms with E-state index in [2.05, 4.69) is 392 Å². The summed E-state index contributed by atoms with van der Waals surface area (Å²) in [6.45, 7) is 0. The lowest BCUT2D eigenvalue weighted by atomic mass is 10.1. The fraction of sp³-hybridized carbons (Fsp3) is 0. The van der Waals surface area contributed by atoms with Crippen LogP contribution in [0, 0.1) is 0 Å². The van der Waals surface area contributed by atoms with Crippen LogP contribution in [-0.4, -0.2) is 9.97 Å². The molecule has 8 nitrogen and oxygen atoms in total. The molecular weight excluding hydrogens is 1520 g/mol. The second-order valence-corrected chi connectivity index (χ2v) is 33.8. The molecule has 0 spiro atoms. The highest BCUT2D eigenvalue weighted by Gasteiger charge is 2.23. The number of benzene rings is 16. The Labute approximate surface area is 695 Å². The van der Waals surface area contributed by atoms with E-state index in [-0.39, 0.29) is 0 Å². The van der Waals surface area contributed by atoms with E-state index in [9.17, 15) is 0 Å². The molecule has 0 saturated heterocycles. The predicted molar refractivity (Wildman–Crippen MR) is 510 cm³/mol. The van der Waals surface area contributed by atoms with E-state index >= 15 is 0 Å². The van der Waals surface area contributed by atoms with Crippen molar-refractivity contribution < 1.29 is 0 Å². The van der Waals surface area contributed by atoms with Gasteiger partial charge in [-0.3, -0.25) is 9.97 Å². The van der Waals surface area contributed by atoms with E-state index in [0.717, 1.165) is 79.6 Å². The lowest BCUT2D eigenvalue weighted by Gasteiger charge is -2.27. The Bertz CT molecular complexity index is 7500. The third kappa shape index (κ3) is 13.5. The molecule has 23 rings (SSSR count). The minimum atomic E-state index is 0.998. The molecule has 0 bridgehead atoms. The quantitative estimate of drug-likeness (QED) is 0.0938. The van der Waals surface area contributed by atoms with Crippen LogP contribution in [0.3, 0.4) is 0 Å². The summed E-state index contributed by atoms with van der Waals surface area (Å²) in [5, 5.41) is 26.5. The van der Waals surface area contributed by atoms with E-state index in [0.29, 0.717) is 0 Å². The highest BCUT2D eigenvalue weighted by atomic mass is 32.1. The minimum absolute atomic E-state index is 0.998. The van der Waals surface area contributed by atoms with Crippen molar-refractivity contribution in [3.05, 3.63) is 407 Å². The topological polar surface area (TPSA) is 71.6 Å². The molecule has 0 amide bonds. The second kappa shape index (κ2) is 31.1. The molecule has 117 heavy (non-hydrogen) atoms. The maximum Gasteiger partial charge on any atom is 0.0646 e. The Morgan fingerprint density at radius 1 is 0.197 bits per heavy atom. The Morgan fingerprint density at radius 3 is 1.08 bits per heavy atom. The van der Waals surface area contributed by atoms with Crippen molar-refractivity contribution in [3.8, 4) is 0 Å². The summed E-state index contributed by atoms with van der Waals surface area (Å²) >= 11 is 9.23. The third-order valence-electron chi connectivity index (χ3n) is 21.5. The van der Waals surface area contributed by atoms with Gasteiger partial charge in [0.15, 0.2) is 0 Å². The Hall–Kier alpha value is -14.0. The number of hydrogen-bond acceptors (Lipinski definition) is 13. The normalized spacial score (nSPS) is 11.4. The van der Waals surface area contributed by atoms with Gasteiger partial charge in [-0.05, 0) is 163 Å². The highest BCUT2D eigenvalue weighted by molar-refractivity contribution is 7.28. The van der Waals surface area contributed by atoms with Gasteiger partial charge < -0.3 is 30.7 Å². The molecule has 7 heterocycles. The van der Waals surface area contributed by atoms with Crippen molar-refractivity contribution in [2.75, 3.05) is 30.7 Å². The number of fused-ring (bicyclic) bond motifs is 16. The van der Waals surface area contributed by atoms with E-state index in [4.69, 9.17) is 0 Å². The molecule has 0 unspecified atom stereocenters. The van der Waals surface area contributed by atoms with Crippen molar-refractivity contribution >= 4 is 254 Å². The van der Waals surface area contributed by atoms with Crippen LogP contribution in [-0.2, 0) is 0 Å². The van der Waals surface area contributed by atoms with E-state index in [1.165, 1.54) is 117 Å². The van der Waals surface area contributed by atoms with Gasteiger partial charge >= 0.3 is 0 Å². The molecule has 7 aromatic heterocycles. The van der Waals surface area contributed by atoms with Crippen molar-refractivity contribution in [2.45, 2.75) is 0 Å². The highest BCUT2D eigenvalue weighted by Crippen LogP contribution is 2.51. The Balaban J connectivity index is 0.000000111. The maximum atomic E-state index is 4.37. The van der Waals surface area contributed by atoms with Crippen LogP contribution in [0.15, 0.2) is 407 Å². The van der Waals surface area contributed by atoms with Crippen molar-refractivity contribution in [2.24, 2.45) is 0 Å². The van der Waals surface area contributed by atoms with Gasteiger partial charge in [-0.1, -0.05) is 224 Å². The third-order valence-corrected chi connectivity index (χ3v) is 27.6. The summed E-state index contributed by atoms with van der Waals surface area (Å²) in [5.74, 6) is 0. The molecule has 0 aliphatic rings. The maximum absolute atomic E-state index is 4.37. The van der Waals surface area contributed by atoms with Gasteiger partial charge in [0.1, 0.15) is 0 Å². The van der Waals surface area contributed by atoms with Crippen LogP contribution in [0.25, 0.3) is 112 Å². The lowest BCUT2D eigenvalue weighted by molar-refractivity contribution is 1.21. The fourth-order valence-electron chi connectivity index (χ4n) is 16.2. The Morgan fingerprint density at radius 2 is 0.547 bits per heavy atom. The lowest BCUT2D eigenvalue weighted by Crippen LogP contribution is -2.10. The number of thiophene rings is 5. The van der Waals surface area contributed by atoms with Crippen LogP contribution >= 0.6 is 56.7 Å². The largest absolute Gasteiger partial charge is 0.354 e. The molecule has 13 heteroatoms. The average molecular weight is 1590 g/mol. The molecule has 0 saturated carbocycles. The van der Waals surface area contributed by atoms with Gasteiger partial charge in [-0.15, -0.1) is 56.7 Å². The van der Waals surface area contributed by atoms with Crippen molar-refractivity contribution in [1.29, 1.82) is 0 Å². The van der Waals surface area contributed by atoms with Crippen molar-refractivity contribution in [1.82, 2.24) is 9.97 Å². The fourth-order valence-corrected chi connectivity index (χ4v) is 22.2. The number of anilines is 15. The molecule has 0 fully saturated rings. The summed E-state index contributed by atoms with van der Waals surface area (Å²) in [6, 6.07) is 136. The number of hydrogen-bond donors (Lipinski definition) is 3. The van der Waals surface area contributed by atoms with Gasteiger partial charge in [-0.2, -0.15) is 0 Å².